The van der Waals surface area contributed by atoms with Crippen LogP contribution >= 0.6 is 0 Å². The Kier molecular flexibility index (Phi) is 4.41. The Morgan fingerprint density at radius 3 is 3.03 bits per heavy atom. The second kappa shape index (κ2) is 7.09. The summed E-state index contributed by atoms with van der Waals surface area (Å²) < 4.78 is 15.7. The maximum atomic E-state index is 14.1. The van der Waals surface area contributed by atoms with Gasteiger partial charge in [0.25, 0.3) is 5.91 Å². The molecule has 0 radical (unpaired) electrons. The molecule has 2 aliphatic rings. The molecule has 1 fully saturated rings. The number of nitrogens with one attached hydrogen (secondary N) is 1. The number of fused-ring (bicyclic) bond motifs is 5. The molecule has 7 nitrogen and oxygen atoms in total. The van der Waals surface area contributed by atoms with E-state index in [1.54, 1.807) is 16.8 Å². The van der Waals surface area contributed by atoms with Crippen molar-refractivity contribution in [3.63, 3.8) is 0 Å². The first-order valence-corrected chi connectivity index (χ1v) is 10.2. The molecule has 1 unspecified atom stereocenters. The highest BCUT2D eigenvalue weighted by atomic mass is 19.1. The SMILES string of the molecule is C[C@@H]1CCCc2ncc(F)cc2C2CCCN2c2ccn3ncc(c3n2)C(=O)N1. The molecular weight excluding hydrogens is 371 g/mol. The van der Waals surface area contributed by atoms with Crippen LogP contribution in [0.2, 0.25) is 0 Å². The largest absolute Gasteiger partial charge is 0.349 e. The standard InChI is InChI=1S/C21H23FN6O/c1-13-4-2-5-17-15(10-14(22)11-23-17)18-6-3-8-27(18)19-7-9-28-20(26-19)16(12-24-28)21(29)25-13/h7,9-13,18H,2-6,8H2,1H3,(H,25,29)/t13-,18?/m1/s1. The summed E-state index contributed by atoms with van der Waals surface area (Å²) in [5.74, 6) is 0.307. The summed E-state index contributed by atoms with van der Waals surface area (Å²) in [7, 11) is 0. The topological polar surface area (TPSA) is 75.4 Å². The number of carbonyl (C=O) groups excluding carboxylic acids is 1. The summed E-state index contributed by atoms with van der Waals surface area (Å²) in [5.41, 5.74) is 2.89. The van der Waals surface area contributed by atoms with Crippen molar-refractivity contribution in [2.24, 2.45) is 0 Å². The highest BCUT2D eigenvalue weighted by molar-refractivity contribution is 5.99. The second-order valence-electron chi connectivity index (χ2n) is 7.92. The Bertz CT molecular complexity index is 1080. The first-order valence-electron chi connectivity index (χ1n) is 10.2. The van der Waals surface area contributed by atoms with Gasteiger partial charge in [0.2, 0.25) is 0 Å². The van der Waals surface area contributed by atoms with Gasteiger partial charge >= 0.3 is 0 Å². The van der Waals surface area contributed by atoms with Crippen LogP contribution in [0.15, 0.2) is 30.7 Å². The highest BCUT2D eigenvalue weighted by Gasteiger charge is 2.30. The van der Waals surface area contributed by atoms with Crippen LogP contribution in [-0.2, 0) is 6.42 Å². The number of carbonyl (C=O) groups is 1. The summed E-state index contributed by atoms with van der Waals surface area (Å²) in [6.45, 7) is 2.82. The monoisotopic (exact) mass is 394 g/mol. The van der Waals surface area contributed by atoms with E-state index in [4.69, 9.17) is 4.98 Å². The predicted octanol–water partition coefficient (Wildman–Crippen LogP) is 3.06. The molecule has 3 aromatic rings. The minimum absolute atomic E-state index is 0.00968. The third-order valence-electron chi connectivity index (χ3n) is 5.90. The molecule has 8 heteroatoms. The quantitative estimate of drug-likeness (QED) is 0.634. The lowest BCUT2D eigenvalue weighted by Gasteiger charge is -2.28. The molecule has 3 aromatic heterocycles. The average Bonchev–Trinajstić information content (AvgIpc) is 3.35. The van der Waals surface area contributed by atoms with Gasteiger partial charge in [0.15, 0.2) is 5.65 Å². The fourth-order valence-corrected chi connectivity index (χ4v) is 4.47. The Morgan fingerprint density at radius 2 is 2.14 bits per heavy atom. The number of aromatic nitrogens is 4. The van der Waals surface area contributed by atoms with E-state index in [1.807, 2.05) is 19.2 Å². The van der Waals surface area contributed by atoms with E-state index in [1.165, 1.54) is 6.20 Å². The maximum absolute atomic E-state index is 14.1. The number of rotatable bonds is 0. The van der Waals surface area contributed by atoms with Crippen LogP contribution in [0.1, 0.15) is 60.3 Å². The summed E-state index contributed by atoms with van der Waals surface area (Å²) >= 11 is 0. The lowest BCUT2D eigenvalue weighted by atomic mass is 9.98. The number of hydrogen-bond donors (Lipinski definition) is 1. The summed E-state index contributed by atoms with van der Waals surface area (Å²) in [5, 5.41) is 7.32. The number of anilines is 1. The number of hydrogen-bond acceptors (Lipinski definition) is 5. The molecule has 1 N–H and O–H groups in total. The molecule has 5 heterocycles. The van der Waals surface area contributed by atoms with Crippen molar-refractivity contribution in [2.75, 3.05) is 11.4 Å². The van der Waals surface area contributed by atoms with Gasteiger partial charge in [0.1, 0.15) is 17.2 Å². The molecule has 29 heavy (non-hydrogen) atoms. The van der Waals surface area contributed by atoms with E-state index in [0.29, 0.717) is 11.2 Å². The minimum Gasteiger partial charge on any atom is -0.349 e. The van der Waals surface area contributed by atoms with Crippen molar-refractivity contribution in [3.05, 3.63) is 53.4 Å². The van der Waals surface area contributed by atoms with E-state index in [2.05, 4.69) is 20.3 Å². The maximum Gasteiger partial charge on any atom is 0.256 e. The van der Waals surface area contributed by atoms with E-state index in [9.17, 15) is 9.18 Å². The first-order chi connectivity index (χ1) is 14.1. The number of halogens is 1. The van der Waals surface area contributed by atoms with Gasteiger partial charge in [-0.25, -0.2) is 13.9 Å². The smallest absolute Gasteiger partial charge is 0.256 e. The van der Waals surface area contributed by atoms with Crippen molar-refractivity contribution in [2.45, 2.75) is 51.1 Å². The summed E-state index contributed by atoms with van der Waals surface area (Å²) in [4.78, 5) is 24.2. The van der Waals surface area contributed by atoms with E-state index < -0.39 is 0 Å². The van der Waals surface area contributed by atoms with Crippen LogP contribution in [0.4, 0.5) is 10.2 Å². The van der Waals surface area contributed by atoms with Crippen molar-refractivity contribution in [3.8, 4) is 0 Å². The number of nitrogens with zero attached hydrogens (tertiary/aromatic N) is 5. The van der Waals surface area contributed by atoms with Crippen LogP contribution in [-0.4, -0.2) is 38.1 Å². The van der Waals surface area contributed by atoms with Crippen LogP contribution in [0, 0.1) is 5.82 Å². The van der Waals surface area contributed by atoms with Gasteiger partial charge in [-0.3, -0.25) is 9.78 Å². The van der Waals surface area contributed by atoms with Gasteiger partial charge in [-0.1, -0.05) is 0 Å². The molecule has 2 bridgehead atoms. The van der Waals surface area contributed by atoms with E-state index >= 15 is 0 Å². The minimum atomic E-state index is -0.307. The molecule has 0 saturated carbocycles. The van der Waals surface area contributed by atoms with E-state index in [-0.39, 0.29) is 23.8 Å². The Morgan fingerprint density at radius 1 is 1.24 bits per heavy atom. The summed E-state index contributed by atoms with van der Waals surface area (Å²) in [6, 6.07) is 3.57. The average molecular weight is 394 g/mol. The first kappa shape index (κ1) is 18.0. The van der Waals surface area contributed by atoms with Crippen molar-refractivity contribution < 1.29 is 9.18 Å². The molecule has 150 valence electrons. The number of aryl methyl sites for hydroxylation is 1. The molecular formula is C21H23FN6O. The Hall–Kier alpha value is -3.03. The summed E-state index contributed by atoms with van der Waals surface area (Å²) in [6.07, 6.45) is 9.05. The third-order valence-corrected chi connectivity index (χ3v) is 5.90. The zero-order valence-corrected chi connectivity index (χ0v) is 16.3. The molecule has 2 aliphatic heterocycles. The van der Waals surface area contributed by atoms with Crippen LogP contribution in [0.3, 0.4) is 0 Å². The molecule has 1 amide bonds. The normalized spacial score (nSPS) is 22.3. The Labute approximate surface area is 168 Å². The van der Waals surface area contributed by atoms with Crippen molar-refractivity contribution >= 4 is 17.4 Å². The van der Waals surface area contributed by atoms with Gasteiger partial charge in [0, 0.05) is 24.5 Å². The lowest BCUT2D eigenvalue weighted by Crippen LogP contribution is -2.33. The molecule has 0 aliphatic carbocycles. The Balaban J connectivity index is 1.66. The van der Waals surface area contributed by atoms with Gasteiger partial charge < -0.3 is 10.2 Å². The zero-order valence-electron chi connectivity index (χ0n) is 16.3. The van der Waals surface area contributed by atoms with Gasteiger partial charge in [0.05, 0.1) is 18.4 Å². The van der Waals surface area contributed by atoms with Crippen LogP contribution in [0.25, 0.3) is 5.65 Å². The number of pyridine rings is 1. The molecule has 0 spiro atoms. The predicted molar refractivity (Wildman–Crippen MR) is 106 cm³/mol. The van der Waals surface area contributed by atoms with Gasteiger partial charge in [-0.2, -0.15) is 5.10 Å². The van der Waals surface area contributed by atoms with Crippen molar-refractivity contribution in [1.29, 1.82) is 0 Å². The fourth-order valence-electron chi connectivity index (χ4n) is 4.47. The van der Waals surface area contributed by atoms with Gasteiger partial charge in [-0.05, 0) is 56.7 Å². The number of amides is 1. The third kappa shape index (κ3) is 3.22. The molecule has 0 aromatic carbocycles. The van der Waals surface area contributed by atoms with Crippen molar-refractivity contribution in [1.82, 2.24) is 24.9 Å². The molecule has 2 atom stereocenters. The van der Waals surface area contributed by atoms with Gasteiger partial charge in [-0.15, -0.1) is 0 Å². The van der Waals surface area contributed by atoms with E-state index in [0.717, 1.165) is 55.7 Å². The van der Waals surface area contributed by atoms with Crippen LogP contribution in [0.5, 0.6) is 0 Å². The van der Waals surface area contributed by atoms with Crippen LogP contribution < -0.4 is 10.2 Å². The molecule has 5 rings (SSSR count). The molecule has 1 saturated heterocycles. The highest BCUT2D eigenvalue weighted by Crippen LogP contribution is 2.37. The zero-order chi connectivity index (χ0) is 20.0. The second-order valence-corrected chi connectivity index (χ2v) is 7.92. The fraction of sp³-hybridized carbons (Fsp3) is 0.429. The lowest BCUT2D eigenvalue weighted by molar-refractivity contribution is 0.0939.